The van der Waals surface area contributed by atoms with E-state index in [1.807, 2.05) is 61.7 Å². The first kappa shape index (κ1) is 18.5. The zero-order chi connectivity index (χ0) is 20.1. The van der Waals surface area contributed by atoms with Gasteiger partial charge in [-0.2, -0.15) is 5.10 Å². The maximum absolute atomic E-state index is 13.0. The molecule has 0 bridgehead atoms. The van der Waals surface area contributed by atoms with Gasteiger partial charge < -0.3 is 5.32 Å². The summed E-state index contributed by atoms with van der Waals surface area (Å²) < 4.78 is 1.80. The molecule has 3 heterocycles. The van der Waals surface area contributed by atoms with Gasteiger partial charge in [-0.05, 0) is 30.7 Å². The normalized spacial score (nSPS) is 11.8. The molecule has 3 aromatic heterocycles. The number of hydrogen-bond donors (Lipinski definition) is 1. The highest BCUT2D eigenvalue weighted by Gasteiger charge is 2.19. The highest BCUT2D eigenvalue weighted by atomic mass is 16.1. The average molecular weight is 384 g/mol. The summed E-state index contributed by atoms with van der Waals surface area (Å²) in [7, 11) is 0. The Balaban J connectivity index is 1.57. The molecular formula is C22H20N6O. The molecule has 144 valence electrons. The number of carbonyl (C=O) groups is 1. The summed E-state index contributed by atoms with van der Waals surface area (Å²) in [4.78, 5) is 25.9. The maximum Gasteiger partial charge on any atom is 0.255 e. The molecule has 0 aliphatic rings. The molecule has 1 aromatic carbocycles. The van der Waals surface area contributed by atoms with Gasteiger partial charge in [0, 0.05) is 36.5 Å². The first-order valence-electron chi connectivity index (χ1n) is 9.28. The lowest BCUT2D eigenvalue weighted by Crippen LogP contribution is -2.32. The molecule has 0 aliphatic carbocycles. The summed E-state index contributed by atoms with van der Waals surface area (Å²) in [5.74, 6) is 0.324. The van der Waals surface area contributed by atoms with Gasteiger partial charge in [-0.15, -0.1) is 0 Å². The number of aryl methyl sites for hydroxylation is 1. The second-order valence-electron chi connectivity index (χ2n) is 6.60. The van der Waals surface area contributed by atoms with Crippen LogP contribution in [-0.2, 0) is 6.54 Å². The third-order valence-electron chi connectivity index (χ3n) is 4.58. The summed E-state index contributed by atoms with van der Waals surface area (Å²) >= 11 is 0. The second kappa shape index (κ2) is 8.43. The number of benzene rings is 1. The highest BCUT2D eigenvalue weighted by molar-refractivity contribution is 5.95. The van der Waals surface area contributed by atoms with Gasteiger partial charge in [-0.25, -0.2) is 9.97 Å². The van der Waals surface area contributed by atoms with Crippen LogP contribution in [0, 0.1) is 6.92 Å². The van der Waals surface area contributed by atoms with Gasteiger partial charge in [0.1, 0.15) is 0 Å². The van der Waals surface area contributed by atoms with Crippen molar-refractivity contribution in [2.24, 2.45) is 0 Å². The van der Waals surface area contributed by atoms with Crippen molar-refractivity contribution in [3.8, 4) is 11.4 Å². The topological polar surface area (TPSA) is 85.6 Å². The van der Waals surface area contributed by atoms with Gasteiger partial charge in [-0.1, -0.05) is 30.3 Å². The van der Waals surface area contributed by atoms with E-state index < -0.39 is 0 Å². The molecule has 7 nitrogen and oxygen atoms in total. The van der Waals surface area contributed by atoms with Crippen molar-refractivity contribution in [3.63, 3.8) is 0 Å². The quantitative estimate of drug-likeness (QED) is 0.552. The Kier molecular flexibility index (Phi) is 5.38. The molecule has 0 fully saturated rings. The Morgan fingerprint density at radius 1 is 1.07 bits per heavy atom. The highest BCUT2D eigenvalue weighted by Crippen LogP contribution is 2.18. The van der Waals surface area contributed by atoms with E-state index in [2.05, 4.69) is 25.4 Å². The van der Waals surface area contributed by atoms with Gasteiger partial charge >= 0.3 is 0 Å². The maximum atomic E-state index is 13.0. The lowest BCUT2D eigenvalue weighted by atomic mass is 10.1. The van der Waals surface area contributed by atoms with Gasteiger partial charge in [0.15, 0.2) is 5.82 Å². The number of aromatic nitrogens is 5. The smallest absolute Gasteiger partial charge is 0.255 e. The molecule has 1 N–H and O–H groups in total. The van der Waals surface area contributed by atoms with Gasteiger partial charge in [-0.3, -0.25) is 14.5 Å². The third-order valence-corrected chi connectivity index (χ3v) is 4.58. The molecule has 0 saturated heterocycles. The van der Waals surface area contributed by atoms with E-state index in [9.17, 15) is 4.79 Å². The van der Waals surface area contributed by atoms with E-state index in [4.69, 9.17) is 0 Å². The van der Waals surface area contributed by atoms with E-state index in [1.54, 1.807) is 29.5 Å². The minimum atomic E-state index is -0.235. The van der Waals surface area contributed by atoms with Crippen LogP contribution in [0.2, 0.25) is 0 Å². The van der Waals surface area contributed by atoms with Gasteiger partial charge in [0.25, 0.3) is 5.91 Å². The van der Waals surface area contributed by atoms with E-state index in [0.29, 0.717) is 23.6 Å². The van der Waals surface area contributed by atoms with Crippen LogP contribution in [0.5, 0.6) is 0 Å². The summed E-state index contributed by atoms with van der Waals surface area (Å²) in [5.41, 5.74) is 2.87. The Morgan fingerprint density at radius 2 is 1.93 bits per heavy atom. The molecule has 7 heteroatoms. The molecule has 1 atom stereocenters. The van der Waals surface area contributed by atoms with Crippen molar-refractivity contribution in [1.29, 1.82) is 0 Å². The predicted octanol–water partition coefficient (Wildman–Crippen LogP) is 3.21. The number of rotatable bonds is 6. The summed E-state index contributed by atoms with van der Waals surface area (Å²) in [5, 5.41) is 7.35. The Labute approximate surface area is 168 Å². The van der Waals surface area contributed by atoms with Crippen LogP contribution in [0.25, 0.3) is 11.4 Å². The standard InChI is InChI=1S/C22H20N6O/c1-16-19(14-24-21(26-16)18-9-5-10-23-13-18)22(29)27-20(15-28-12-6-11-25-28)17-7-3-2-4-8-17/h2-14,20H,15H2,1H3,(H,27,29). The van der Waals surface area contributed by atoms with Crippen molar-refractivity contribution in [2.75, 3.05) is 0 Å². The fourth-order valence-corrected chi connectivity index (χ4v) is 3.08. The number of amides is 1. The van der Waals surface area contributed by atoms with Crippen LogP contribution in [-0.4, -0.2) is 30.6 Å². The molecule has 0 spiro atoms. The minimum Gasteiger partial charge on any atom is -0.343 e. The summed E-state index contributed by atoms with van der Waals surface area (Å²) in [6.07, 6.45) is 8.56. The number of pyridine rings is 1. The fourth-order valence-electron chi connectivity index (χ4n) is 3.08. The van der Waals surface area contributed by atoms with E-state index >= 15 is 0 Å². The van der Waals surface area contributed by atoms with Crippen molar-refractivity contribution in [2.45, 2.75) is 19.5 Å². The average Bonchev–Trinajstić information content (AvgIpc) is 3.27. The molecule has 0 aliphatic heterocycles. The molecule has 0 radical (unpaired) electrons. The van der Waals surface area contributed by atoms with Crippen LogP contribution in [0.3, 0.4) is 0 Å². The number of nitrogens with zero attached hydrogens (tertiary/aromatic N) is 5. The molecule has 0 saturated carbocycles. The van der Waals surface area contributed by atoms with Crippen LogP contribution < -0.4 is 5.32 Å². The van der Waals surface area contributed by atoms with Crippen molar-refractivity contribution in [3.05, 3.63) is 96.3 Å². The number of carbonyl (C=O) groups excluding carboxylic acids is 1. The van der Waals surface area contributed by atoms with E-state index in [0.717, 1.165) is 11.1 Å². The predicted molar refractivity (Wildman–Crippen MR) is 109 cm³/mol. The number of hydrogen-bond acceptors (Lipinski definition) is 5. The lowest BCUT2D eigenvalue weighted by molar-refractivity contribution is 0.0930. The largest absolute Gasteiger partial charge is 0.343 e. The van der Waals surface area contributed by atoms with Gasteiger partial charge in [0.05, 0.1) is 23.8 Å². The van der Waals surface area contributed by atoms with E-state index in [1.165, 1.54) is 0 Å². The van der Waals surface area contributed by atoms with Crippen LogP contribution in [0.15, 0.2) is 79.5 Å². The monoisotopic (exact) mass is 384 g/mol. The SMILES string of the molecule is Cc1nc(-c2cccnc2)ncc1C(=O)NC(Cn1cccn1)c1ccccc1. The van der Waals surface area contributed by atoms with Crippen molar-refractivity contribution >= 4 is 5.91 Å². The summed E-state index contributed by atoms with van der Waals surface area (Å²) in [6.45, 7) is 2.33. The number of nitrogens with one attached hydrogen (secondary N) is 1. The molecule has 4 aromatic rings. The summed E-state index contributed by atoms with van der Waals surface area (Å²) in [6, 6.07) is 15.2. The van der Waals surface area contributed by atoms with Crippen LogP contribution in [0.1, 0.15) is 27.7 Å². The first-order chi connectivity index (χ1) is 14.2. The third kappa shape index (κ3) is 4.35. The second-order valence-corrected chi connectivity index (χ2v) is 6.60. The fraction of sp³-hybridized carbons (Fsp3) is 0.136. The van der Waals surface area contributed by atoms with Gasteiger partial charge in [0.2, 0.25) is 0 Å². The zero-order valence-corrected chi connectivity index (χ0v) is 15.9. The minimum absolute atomic E-state index is 0.221. The molecule has 1 amide bonds. The van der Waals surface area contributed by atoms with Crippen molar-refractivity contribution < 1.29 is 4.79 Å². The Morgan fingerprint density at radius 3 is 2.62 bits per heavy atom. The lowest BCUT2D eigenvalue weighted by Gasteiger charge is -2.20. The van der Waals surface area contributed by atoms with Crippen molar-refractivity contribution in [1.82, 2.24) is 30.0 Å². The van der Waals surface area contributed by atoms with E-state index in [-0.39, 0.29) is 11.9 Å². The molecule has 1 unspecified atom stereocenters. The van der Waals surface area contributed by atoms with Crippen LogP contribution in [0.4, 0.5) is 0 Å². The Hall–Kier alpha value is -3.87. The van der Waals surface area contributed by atoms with Crippen LogP contribution >= 0.6 is 0 Å². The Bertz CT molecular complexity index is 1080. The molecular weight excluding hydrogens is 364 g/mol. The first-order valence-corrected chi connectivity index (χ1v) is 9.28. The molecule has 29 heavy (non-hydrogen) atoms. The molecule has 4 rings (SSSR count). The zero-order valence-electron chi connectivity index (χ0n) is 15.9.